The minimum Gasteiger partial charge on any atom is -0.477 e. The molecule has 0 unspecified atom stereocenters. The molecule has 0 aromatic rings. The molecule has 4 heteroatoms. The Balaban J connectivity index is 0. The average molecular weight is 379 g/mol. The summed E-state index contributed by atoms with van der Waals surface area (Å²) in [5, 5.41) is 8.23. The van der Waals surface area contributed by atoms with Gasteiger partial charge in [-0.05, 0) is 0 Å². The fourth-order valence-electron chi connectivity index (χ4n) is 3.36. The first-order valence-electron chi connectivity index (χ1n) is 10.7. The number of aliphatic carboxylic acids is 1. The van der Waals surface area contributed by atoms with Gasteiger partial charge in [0.1, 0.15) is 0 Å². The Kier molecular flexibility index (Phi) is 17.4. The Labute approximate surface area is 159 Å². The van der Waals surface area contributed by atoms with Crippen LogP contribution in [0.2, 0.25) is 0 Å². The van der Waals surface area contributed by atoms with Gasteiger partial charge in [-0.2, -0.15) is 0 Å². The average Bonchev–Trinajstić information content (AvgIpc) is 2.52. The van der Waals surface area contributed by atoms with Crippen molar-refractivity contribution in [3.05, 3.63) is 0 Å². The summed E-state index contributed by atoms with van der Waals surface area (Å²) < 4.78 is 0.481. The molecular weight excluding hydrogens is 329 g/mol. The standard InChI is InChI=1S/C16H37P.C5H11NO2/c1-5-9-13-17(14-10-6-2,15-11-7-3)16-12-8-4;1-6(2,3)4-5(7)8/h17H,5-16H2,1-4H3;4H2,1-3H3/p+1. The minimum atomic E-state index is -0.879. The van der Waals surface area contributed by atoms with Crippen molar-refractivity contribution in [3.63, 3.8) is 0 Å². The largest absolute Gasteiger partial charge is 0.477 e. The number of carboxylic acids is 1. The van der Waals surface area contributed by atoms with E-state index in [4.69, 9.17) is 5.11 Å². The smallest absolute Gasteiger partial charge is 0.359 e. The van der Waals surface area contributed by atoms with Gasteiger partial charge in [0.2, 0.25) is 0 Å². The van der Waals surface area contributed by atoms with Crippen LogP contribution in [-0.2, 0) is 4.79 Å². The van der Waals surface area contributed by atoms with Crippen molar-refractivity contribution in [1.29, 1.82) is 0 Å². The molecule has 0 amide bonds. The number of rotatable bonds is 14. The molecule has 0 spiro atoms. The maximum atomic E-state index is 10.00. The first-order valence-corrected chi connectivity index (χ1v) is 13.5. The summed E-state index contributed by atoms with van der Waals surface area (Å²) in [6.07, 6.45) is 18.1. The molecule has 0 atom stereocenters. The number of carbonyl (C=O) groups is 1. The Morgan fingerprint density at radius 2 is 1.00 bits per heavy atom. The first-order chi connectivity index (χ1) is 11.7. The van der Waals surface area contributed by atoms with Gasteiger partial charge in [-0.15, -0.1) is 0 Å². The number of nitrogens with zero attached hydrogens (tertiary/aromatic N) is 1. The van der Waals surface area contributed by atoms with Gasteiger partial charge < -0.3 is 9.59 Å². The van der Waals surface area contributed by atoms with Gasteiger partial charge >= 0.3 is 117 Å². The van der Waals surface area contributed by atoms with E-state index >= 15 is 0 Å². The summed E-state index contributed by atoms with van der Waals surface area (Å²) in [4.78, 5) is 10.00. The van der Waals surface area contributed by atoms with Crippen LogP contribution in [0.5, 0.6) is 0 Å². The van der Waals surface area contributed by atoms with Crippen molar-refractivity contribution in [2.24, 2.45) is 0 Å². The summed E-state index contributed by atoms with van der Waals surface area (Å²) in [5.41, 5.74) is 0. The Morgan fingerprint density at radius 3 is 1.12 bits per heavy atom. The number of hydrogen-bond acceptors (Lipinski definition) is 1. The zero-order chi connectivity index (χ0) is 19.8. The van der Waals surface area contributed by atoms with E-state index in [2.05, 4.69) is 27.7 Å². The number of carboxylic acid groups (broad SMARTS) is 1. The van der Waals surface area contributed by atoms with Crippen molar-refractivity contribution >= 4 is 13.2 Å². The SMILES string of the molecule is CCCC[PH](CCCC)(CCCC)CCCC.C[N+](C)(C)CC(=O)O. The third-order valence-electron chi connectivity index (χ3n) is 4.85. The molecule has 0 aliphatic heterocycles. The van der Waals surface area contributed by atoms with Crippen LogP contribution >= 0.6 is 7.26 Å². The quantitative estimate of drug-likeness (QED) is 0.310. The minimum absolute atomic E-state index is 0.181. The van der Waals surface area contributed by atoms with E-state index in [1.165, 1.54) is 51.4 Å². The number of hydrogen-bond donors (Lipinski definition) is 1. The molecule has 0 heterocycles. The van der Waals surface area contributed by atoms with Crippen molar-refractivity contribution < 1.29 is 14.4 Å². The molecule has 0 aliphatic rings. The van der Waals surface area contributed by atoms with E-state index in [0.29, 0.717) is 4.48 Å². The first kappa shape index (κ1) is 27.1. The second-order valence-electron chi connectivity index (χ2n) is 8.76. The summed E-state index contributed by atoms with van der Waals surface area (Å²) in [6, 6.07) is 0. The van der Waals surface area contributed by atoms with Crippen molar-refractivity contribution in [3.8, 4) is 0 Å². The van der Waals surface area contributed by atoms with Crippen LogP contribution < -0.4 is 0 Å². The zero-order valence-electron chi connectivity index (χ0n) is 18.5. The number of unbranched alkanes of at least 4 members (excludes halogenated alkanes) is 4. The molecule has 0 rings (SSSR count). The fourth-order valence-corrected chi connectivity index (χ4v) is 9.28. The summed E-state index contributed by atoms with van der Waals surface area (Å²) >= 11 is 0. The molecule has 0 radical (unpaired) electrons. The van der Waals surface area contributed by atoms with Crippen LogP contribution in [0.15, 0.2) is 0 Å². The number of quaternary nitrogens is 1. The molecule has 3 nitrogen and oxygen atoms in total. The Bertz CT molecular complexity index is 276. The molecule has 154 valence electrons. The van der Waals surface area contributed by atoms with Crippen LogP contribution in [0.25, 0.3) is 0 Å². The van der Waals surface area contributed by atoms with Crippen LogP contribution in [-0.4, -0.2) is 67.9 Å². The molecule has 0 aliphatic carbocycles. The molecule has 25 heavy (non-hydrogen) atoms. The third kappa shape index (κ3) is 18.4. The van der Waals surface area contributed by atoms with E-state index in [9.17, 15) is 4.79 Å². The summed E-state index contributed by atoms with van der Waals surface area (Å²) in [5.74, 6) is -0.752. The summed E-state index contributed by atoms with van der Waals surface area (Å²) in [7, 11) is 4.64. The van der Waals surface area contributed by atoms with Crippen LogP contribution in [0.4, 0.5) is 0 Å². The van der Waals surface area contributed by atoms with Gasteiger partial charge in [-0.25, -0.2) is 4.79 Å². The molecule has 0 fully saturated rings. The predicted molar refractivity (Wildman–Crippen MR) is 118 cm³/mol. The maximum Gasteiger partial charge on any atom is 0.359 e. The van der Waals surface area contributed by atoms with Gasteiger partial charge in [0.05, 0.1) is 21.1 Å². The molecule has 1 N–H and O–H groups in total. The van der Waals surface area contributed by atoms with Gasteiger partial charge in [0.25, 0.3) is 0 Å². The van der Waals surface area contributed by atoms with Gasteiger partial charge in [0.15, 0.2) is 6.54 Å². The maximum absolute atomic E-state index is 10.00. The van der Waals surface area contributed by atoms with Gasteiger partial charge in [0, 0.05) is 0 Å². The topological polar surface area (TPSA) is 37.3 Å². The second kappa shape index (κ2) is 16.1. The molecule has 0 saturated carbocycles. The normalized spacial score (nSPS) is 12.4. The Hall–Kier alpha value is -0.140. The third-order valence-corrected chi connectivity index (χ3v) is 10.5. The van der Waals surface area contributed by atoms with E-state index in [0.717, 1.165) is 0 Å². The monoisotopic (exact) mass is 378 g/mol. The van der Waals surface area contributed by atoms with E-state index in [1.807, 2.05) is 21.1 Å². The van der Waals surface area contributed by atoms with Crippen molar-refractivity contribution in [1.82, 2.24) is 0 Å². The Morgan fingerprint density at radius 1 is 0.720 bits per heavy atom. The fraction of sp³-hybridized carbons (Fsp3) is 0.952. The molecule has 0 bridgehead atoms. The molecule has 0 aromatic heterocycles. The molecule has 0 saturated heterocycles. The van der Waals surface area contributed by atoms with E-state index in [1.54, 1.807) is 24.6 Å². The van der Waals surface area contributed by atoms with Crippen LogP contribution in [0, 0.1) is 0 Å². The van der Waals surface area contributed by atoms with Gasteiger partial charge in [-0.1, -0.05) is 0 Å². The van der Waals surface area contributed by atoms with Crippen LogP contribution in [0.3, 0.4) is 0 Å². The predicted octanol–water partition coefficient (Wildman–Crippen LogP) is 5.71. The number of likely N-dealkylation sites (N-methyl/N-ethyl adjacent to an activating group) is 1. The van der Waals surface area contributed by atoms with Gasteiger partial charge in [-0.3, -0.25) is 0 Å². The zero-order valence-corrected chi connectivity index (χ0v) is 19.5. The van der Waals surface area contributed by atoms with Crippen molar-refractivity contribution in [2.45, 2.75) is 79.1 Å². The molecule has 0 aromatic carbocycles. The van der Waals surface area contributed by atoms with Crippen LogP contribution in [0.1, 0.15) is 79.1 Å². The summed E-state index contributed by atoms with van der Waals surface area (Å²) in [6.45, 7) is 9.62. The van der Waals surface area contributed by atoms with E-state index < -0.39 is 13.2 Å². The second-order valence-corrected chi connectivity index (χ2v) is 13.8. The van der Waals surface area contributed by atoms with Crippen molar-refractivity contribution in [2.75, 3.05) is 52.3 Å². The van der Waals surface area contributed by atoms with E-state index in [-0.39, 0.29) is 6.54 Å². The molecular formula is C21H49NO2P+.